The molecule has 1 fully saturated rings. The molecule has 0 bridgehead atoms. The Labute approximate surface area is 173 Å². The largest absolute Gasteiger partial charge is 0.374 e. The monoisotopic (exact) mass is 478 g/mol. The van der Waals surface area contributed by atoms with Crippen molar-refractivity contribution in [1.29, 1.82) is 0 Å². The van der Waals surface area contributed by atoms with Crippen LogP contribution < -0.4 is 10.6 Å². The summed E-state index contributed by atoms with van der Waals surface area (Å²) in [5, 5.41) is 6.63. The highest BCUT2D eigenvalue weighted by molar-refractivity contribution is 14.0. The molecule has 0 saturated carbocycles. The molecule has 2 N–H and O–H groups in total. The van der Waals surface area contributed by atoms with Crippen LogP contribution in [0.5, 0.6) is 0 Å². The minimum Gasteiger partial charge on any atom is -0.374 e. The Morgan fingerprint density at radius 2 is 2.04 bits per heavy atom. The minimum atomic E-state index is -0.201. The first-order chi connectivity index (χ1) is 12.1. The minimum absolute atomic E-state index is 0. The molecule has 0 aromatic heterocycles. The first kappa shape index (κ1) is 23.1. The number of benzene rings is 1. The highest BCUT2D eigenvalue weighted by Gasteiger charge is 2.20. The third-order valence-corrected chi connectivity index (χ3v) is 4.19. The molecule has 0 amide bonds. The molecule has 0 radical (unpaired) electrons. The summed E-state index contributed by atoms with van der Waals surface area (Å²) in [5.74, 6) is 1.24. The van der Waals surface area contributed by atoms with Crippen LogP contribution in [0.2, 0.25) is 0 Å². The second-order valence-electron chi connectivity index (χ2n) is 6.90. The molecule has 1 aromatic rings. The third kappa shape index (κ3) is 8.64. The van der Waals surface area contributed by atoms with Gasteiger partial charge in [-0.05, 0) is 30.0 Å². The van der Waals surface area contributed by atoms with E-state index < -0.39 is 0 Å². The van der Waals surface area contributed by atoms with Gasteiger partial charge in [0.25, 0.3) is 0 Å². The molecule has 26 heavy (non-hydrogen) atoms. The molecule has 2 rings (SSSR count). The molecule has 0 spiro atoms. The average molecular weight is 478 g/mol. The predicted molar refractivity (Wildman–Crippen MR) is 116 cm³/mol. The van der Waals surface area contributed by atoms with Crippen LogP contribution in [0.25, 0.3) is 0 Å². The highest BCUT2D eigenvalue weighted by Crippen LogP contribution is 2.07. The number of ether oxygens (including phenoxy) is 1. The van der Waals surface area contributed by atoms with E-state index in [0.29, 0.717) is 5.92 Å². The van der Waals surface area contributed by atoms with E-state index in [2.05, 4.69) is 34.4 Å². The van der Waals surface area contributed by atoms with Gasteiger partial charge in [-0.25, -0.2) is 4.39 Å². The van der Waals surface area contributed by atoms with Crippen LogP contribution in [0, 0.1) is 11.7 Å². The molecule has 1 unspecified atom stereocenters. The maximum Gasteiger partial charge on any atom is 0.191 e. The zero-order chi connectivity index (χ0) is 18.1. The number of nitrogens with zero attached hydrogens (tertiary/aromatic N) is 2. The molecular formula is C19H32FIN4O. The van der Waals surface area contributed by atoms with Gasteiger partial charge >= 0.3 is 0 Å². The van der Waals surface area contributed by atoms with Gasteiger partial charge in [0.15, 0.2) is 5.96 Å². The Kier molecular flexibility index (Phi) is 11.1. The summed E-state index contributed by atoms with van der Waals surface area (Å²) in [6, 6.07) is 6.61. The predicted octanol–water partition coefficient (Wildman–Crippen LogP) is 2.51. The fourth-order valence-electron chi connectivity index (χ4n) is 2.99. The van der Waals surface area contributed by atoms with Crippen molar-refractivity contribution >= 4 is 29.9 Å². The van der Waals surface area contributed by atoms with Crippen molar-refractivity contribution in [3.63, 3.8) is 0 Å². The molecule has 1 heterocycles. The van der Waals surface area contributed by atoms with Gasteiger partial charge < -0.3 is 15.4 Å². The number of guanidine groups is 1. The van der Waals surface area contributed by atoms with Crippen molar-refractivity contribution in [3.05, 3.63) is 35.6 Å². The van der Waals surface area contributed by atoms with Crippen LogP contribution >= 0.6 is 24.0 Å². The third-order valence-electron chi connectivity index (χ3n) is 4.19. The Morgan fingerprint density at radius 3 is 2.69 bits per heavy atom. The van der Waals surface area contributed by atoms with E-state index in [0.717, 1.165) is 57.3 Å². The standard InChI is InChI=1S/C19H31FN4O.HI/c1-15(2)13-24-10-11-25-18(14-24)12-23-19(21-3)22-9-8-16-4-6-17(20)7-5-16;/h4-7,15,18H,8-14H2,1-3H3,(H2,21,22,23);1H. The topological polar surface area (TPSA) is 48.9 Å². The smallest absolute Gasteiger partial charge is 0.191 e. The molecule has 1 saturated heterocycles. The summed E-state index contributed by atoms with van der Waals surface area (Å²) in [5.41, 5.74) is 1.10. The van der Waals surface area contributed by atoms with Crippen molar-refractivity contribution in [3.8, 4) is 0 Å². The lowest BCUT2D eigenvalue weighted by molar-refractivity contribution is -0.0284. The molecule has 1 atom stereocenters. The quantitative estimate of drug-likeness (QED) is 0.359. The van der Waals surface area contributed by atoms with Crippen molar-refractivity contribution in [1.82, 2.24) is 15.5 Å². The van der Waals surface area contributed by atoms with Crippen LogP contribution in [-0.4, -0.2) is 63.3 Å². The van der Waals surface area contributed by atoms with Crippen LogP contribution in [0.4, 0.5) is 4.39 Å². The number of morpholine rings is 1. The van der Waals surface area contributed by atoms with Crippen LogP contribution in [0.3, 0.4) is 0 Å². The Balaban J connectivity index is 0.00000338. The number of hydrogen-bond acceptors (Lipinski definition) is 3. The Hall–Kier alpha value is -0.930. The Bertz CT molecular complexity index is 539. The number of aliphatic imine (C=N–C) groups is 1. The van der Waals surface area contributed by atoms with E-state index in [9.17, 15) is 4.39 Å². The van der Waals surface area contributed by atoms with Crippen molar-refractivity contribution in [2.75, 3.05) is 46.4 Å². The molecule has 148 valence electrons. The van der Waals surface area contributed by atoms with E-state index in [-0.39, 0.29) is 35.9 Å². The maximum absolute atomic E-state index is 12.9. The van der Waals surface area contributed by atoms with Gasteiger partial charge in [0, 0.05) is 39.8 Å². The van der Waals surface area contributed by atoms with E-state index in [4.69, 9.17) is 4.74 Å². The second-order valence-corrected chi connectivity index (χ2v) is 6.90. The fourth-order valence-corrected chi connectivity index (χ4v) is 2.99. The van der Waals surface area contributed by atoms with Crippen LogP contribution in [-0.2, 0) is 11.2 Å². The summed E-state index contributed by atoms with van der Waals surface area (Å²) in [7, 11) is 1.76. The zero-order valence-electron chi connectivity index (χ0n) is 16.0. The summed E-state index contributed by atoms with van der Waals surface area (Å²) in [4.78, 5) is 6.71. The fraction of sp³-hybridized carbons (Fsp3) is 0.632. The molecule has 7 heteroatoms. The molecule has 0 aliphatic carbocycles. The molecule has 1 aliphatic heterocycles. The lowest BCUT2D eigenvalue weighted by Gasteiger charge is -2.34. The molecular weight excluding hydrogens is 446 g/mol. The number of hydrogen-bond donors (Lipinski definition) is 2. The van der Waals surface area contributed by atoms with Gasteiger partial charge in [-0.15, -0.1) is 24.0 Å². The van der Waals surface area contributed by atoms with Crippen molar-refractivity contribution in [2.24, 2.45) is 10.9 Å². The zero-order valence-corrected chi connectivity index (χ0v) is 18.3. The van der Waals surface area contributed by atoms with Gasteiger partial charge in [-0.2, -0.15) is 0 Å². The van der Waals surface area contributed by atoms with Crippen molar-refractivity contribution < 1.29 is 9.13 Å². The molecule has 1 aromatic carbocycles. The maximum atomic E-state index is 12.9. The first-order valence-corrected chi connectivity index (χ1v) is 9.09. The number of halogens is 2. The van der Waals surface area contributed by atoms with Gasteiger partial charge in [-0.1, -0.05) is 26.0 Å². The van der Waals surface area contributed by atoms with Crippen molar-refractivity contribution in [2.45, 2.75) is 26.4 Å². The summed E-state index contributed by atoms with van der Waals surface area (Å²) < 4.78 is 18.8. The summed E-state index contributed by atoms with van der Waals surface area (Å²) >= 11 is 0. The second kappa shape index (κ2) is 12.5. The highest BCUT2D eigenvalue weighted by atomic mass is 127. The van der Waals surface area contributed by atoms with Crippen LogP contribution in [0.1, 0.15) is 19.4 Å². The van der Waals surface area contributed by atoms with Gasteiger partial charge in [0.1, 0.15) is 5.82 Å². The van der Waals surface area contributed by atoms with Crippen LogP contribution in [0.15, 0.2) is 29.3 Å². The van der Waals surface area contributed by atoms with Gasteiger partial charge in [0.05, 0.1) is 12.7 Å². The molecule has 1 aliphatic rings. The number of nitrogens with one attached hydrogen (secondary N) is 2. The van der Waals surface area contributed by atoms with E-state index in [1.165, 1.54) is 12.1 Å². The van der Waals surface area contributed by atoms with E-state index in [1.807, 2.05) is 12.1 Å². The lowest BCUT2D eigenvalue weighted by Crippen LogP contribution is -2.50. The first-order valence-electron chi connectivity index (χ1n) is 9.09. The van der Waals surface area contributed by atoms with Gasteiger partial charge in [-0.3, -0.25) is 9.89 Å². The normalized spacial score (nSPS) is 18.5. The lowest BCUT2D eigenvalue weighted by atomic mass is 10.1. The Morgan fingerprint density at radius 1 is 1.31 bits per heavy atom. The van der Waals surface area contributed by atoms with E-state index in [1.54, 1.807) is 7.05 Å². The van der Waals surface area contributed by atoms with E-state index >= 15 is 0 Å². The molecule has 5 nitrogen and oxygen atoms in total. The summed E-state index contributed by atoms with van der Waals surface area (Å²) in [6.45, 7) is 9.85. The summed E-state index contributed by atoms with van der Waals surface area (Å²) in [6.07, 6.45) is 1.01. The SMILES string of the molecule is CN=C(NCCc1ccc(F)cc1)NCC1CN(CC(C)C)CCO1.I. The number of rotatable bonds is 7. The van der Waals surface area contributed by atoms with Gasteiger partial charge in [0.2, 0.25) is 0 Å². The average Bonchev–Trinajstić information content (AvgIpc) is 2.59.